The second-order valence-corrected chi connectivity index (χ2v) is 7.62. The van der Waals surface area contributed by atoms with E-state index in [0.717, 1.165) is 37.8 Å². The topological polar surface area (TPSA) is 47.9 Å². The molecule has 1 amide bonds. The summed E-state index contributed by atoms with van der Waals surface area (Å²) in [6.45, 7) is 3.07. The van der Waals surface area contributed by atoms with Gasteiger partial charge in [0.25, 0.3) is 0 Å². The summed E-state index contributed by atoms with van der Waals surface area (Å²) in [4.78, 5) is 20.3. The highest BCUT2D eigenvalue weighted by atomic mass is 32.2. The summed E-state index contributed by atoms with van der Waals surface area (Å²) in [7, 11) is 3.54. The summed E-state index contributed by atoms with van der Waals surface area (Å²) in [5, 5.41) is 3.43. The fourth-order valence-electron chi connectivity index (χ4n) is 2.96. The SMILES string of the molecule is CSCCNC(=NCC(=O)N(C)C)N1CCC(Cc2ccccc2)C1. The van der Waals surface area contributed by atoms with Crippen LogP contribution in [0.1, 0.15) is 12.0 Å². The first-order chi connectivity index (χ1) is 12.1. The number of rotatable bonds is 7. The van der Waals surface area contributed by atoms with E-state index in [1.807, 2.05) is 0 Å². The van der Waals surface area contributed by atoms with Gasteiger partial charge in [0.15, 0.2) is 5.96 Å². The minimum absolute atomic E-state index is 0.0317. The number of nitrogens with one attached hydrogen (secondary N) is 1. The molecule has 25 heavy (non-hydrogen) atoms. The molecule has 0 saturated carbocycles. The monoisotopic (exact) mass is 362 g/mol. The van der Waals surface area contributed by atoms with E-state index in [2.05, 4.69) is 51.8 Å². The Morgan fingerprint density at radius 2 is 2.12 bits per heavy atom. The lowest BCUT2D eigenvalue weighted by Gasteiger charge is -2.22. The molecular weight excluding hydrogens is 332 g/mol. The van der Waals surface area contributed by atoms with Gasteiger partial charge in [-0.05, 0) is 30.6 Å². The molecule has 0 radical (unpaired) electrons. The molecule has 1 aromatic carbocycles. The second-order valence-electron chi connectivity index (χ2n) is 6.64. The summed E-state index contributed by atoms with van der Waals surface area (Å²) in [5.74, 6) is 2.57. The number of carbonyl (C=O) groups is 1. The Morgan fingerprint density at radius 1 is 1.36 bits per heavy atom. The molecule has 1 N–H and O–H groups in total. The molecule has 1 fully saturated rings. The van der Waals surface area contributed by atoms with Gasteiger partial charge in [-0.25, -0.2) is 4.99 Å². The Morgan fingerprint density at radius 3 is 2.80 bits per heavy atom. The van der Waals surface area contributed by atoms with Gasteiger partial charge in [0, 0.05) is 39.5 Å². The molecule has 0 aliphatic carbocycles. The highest BCUT2D eigenvalue weighted by Crippen LogP contribution is 2.20. The Hall–Kier alpha value is -1.69. The molecule has 1 heterocycles. The van der Waals surface area contributed by atoms with Crippen molar-refractivity contribution >= 4 is 23.6 Å². The van der Waals surface area contributed by atoms with Gasteiger partial charge in [-0.3, -0.25) is 4.79 Å². The van der Waals surface area contributed by atoms with Gasteiger partial charge in [-0.15, -0.1) is 0 Å². The number of thioether (sulfide) groups is 1. The summed E-state index contributed by atoms with van der Waals surface area (Å²) < 4.78 is 0. The smallest absolute Gasteiger partial charge is 0.243 e. The first kappa shape index (κ1) is 19.6. The first-order valence-electron chi connectivity index (χ1n) is 8.86. The Labute approximate surface area is 155 Å². The predicted molar refractivity (Wildman–Crippen MR) is 107 cm³/mol. The van der Waals surface area contributed by atoms with Crippen LogP contribution in [0.3, 0.4) is 0 Å². The van der Waals surface area contributed by atoms with E-state index in [0.29, 0.717) is 5.92 Å². The van der Waals surface area contributed by atoms with E-state index >= 15 is 0 Å². The normalized spacial score (nSPS) is 17.6. The number of carbonyl (C=O) groups excluding carboxylic acids is 1. The molecule has 1 aromatic rings. The molecule has 1 unspecified atom stereocenters. The number of benzene rings is 1. The lowest BCUT2D eigenvalue weighted by molar-refractivity contribution is -0.127. The van der Waals surface area contributed by atoms with E-state index in [1.54, 1.807) is 30.8 Å². The molecule has 1 aliphatic heterocycles. The third-order valence-electron chi connectivity index (χ3n) is 4.40. The van der Waals surface area contributed by atoms with E-state index < -0.39 is 0 Å². The minimum Gasteiger partial charge on any atom is -0.355 e. The molecule has 0 bridgehead atoms. The van der Waals surface area contributed by atoms with Crippen LogP contribution in [0.5, 0.6) is 0 Å². The average Bonchev–Trinajstić information content (AvgIpc) is 3.06. The lowest BCUT2D eigenvalue weighted by Crippen LogP contribution is -2.42. The Kier molecular flexibility index (Phi) is 8.12. The highest BCUT2D eigenvalue weighted by Gasteiger charge is 2.25. The zero-order chi connectivity index (χ0) is 18.1. The molecule has 2 rings (SSSR count). The largest absolute Gasteiger partial charge is 0.355 e. The van der Waals surface area contributed by atoms with Crippen LogP contribution in [0.25, 0.3) is 0 Å². The standard InChI is InChI=1S/C19H30N4OS/c1-22(2)18(24)14-21-19(20-10-12-25-3)23-11-9-17(15-23)13-16-7-5-4-6-8-16/h4-8,17H,9-15H2,1-3H3,(H,20,21). The van der Waals surface area contributed by atoms with Crippen molar-refractivity contribution in [2.75, 3.05) is 52.3 Å². The maximum Gasteiger partial charge on any atom is 0.243 e. The van der Waals surface area contributed by atoms with Gasteiger partial charge in [-0.1, -0.05) is 30.3 Å². The molecular formula is C19H30N4OS. The van der Waals surface area contributed by atoms with Crippen molar-refractivity contribution in [3.8, 4) is 0 Å². The molecule has 1 atom stereocenters. The van der Waals surface area contributed by atoms with Gasteiger partial charge in [0.2, 0.25) is 5.91 Å². The van der Waals surface area contributed by atoms with Crippen LogP contribution in [0, 0.1) is 5.92 Å². The van der Waals surface area contributed by atoms with Crippen molar-refractivity contribution in [1.29, 1.82) is 0 Å². The lowest BCUT2D eigenvalue weighted by atomic mass is 9.99. The van der Waals surface area contributed by atoms with Crippen molar-refractivity contribution in [2.24, 2.45) is 10.9 Å². The van der Waals surface area contributed by atoms with Crippen LogP contribution in [-0.4, -0.2) is 73.9 Å². The summed E-state index contributed by atoms with van der Waals surface area (Å²) >= 11 is 1.81. The van der Waals surface area contributed by atoms with Crippen molar-refractivity contribution in [2.45, 2.75) is 12.8 Å². The van der Waals surface area contributed by atoms with E-state index in [-0.39, 0.29) is 12.5 Å². The number of hydrogen-bond donors (Lipinski definition) is 1. The first-order valence-corrected chi connectivity index (χ1v) is 10.3. The Bertz CT molecular complexity index is 562. The summed E-state index contributed by atoms with van der Waals surface area (Å²) in [6.07, 6.45) is 4.37. The van der Waals surface area contributed by atoms with Gasteiger partial charge in [0.1, 0.15) is 6.54 Å². The zero-order valence-corrected chi connectivity index (χ0v) is 16.4. The number of nitrogens with zero attached hydrogens (tertiary/aromatic N) is 3. The van der Waals surface area contributed by atoms with Crippen LogP contribution in [-0.2, 0) is 11.2 Å². The fraction of sp³-hybridized carbons (Fsp3) is 0.579. The number of hydrogen-bond acceptors (Lipinski definition) is 3. The Balaban J connectivity index is 1.94. The molecule has 0 aromatic heterocycles. The van der Waals surface area contributed by atoms with Crippen LogP contribution in [0.15, 0.2) is 35.3 Å². The van der Waals surface area contributed by atoms with Crippen LogP contribution in [0.4, 0.5) is 0 Å². The zero-order valence-electron chi connectivity index (χ0n) is 15.6. The third kappa shape index (κ3) is 6.61. The maximum absolute atomic E-state index is 11.9. The van der Waals surface area contributed by atoms with E-state index in [9.17, 15) is 4.79 Å². The second kappa shape index (κ2) is 10.3. The maximum atomic E-state index is 11.9. The van der Waals surface area contributed by atoms with Crippen LogP contribution < -0.4 is 5.32 Å². The van der Waals surface area contributed by atoms with Gasteiger partial charge in [-0.2, -0.15) is 11.8 Å². The van der Waals surface area contributed by atoms with Crippen molar-refractivity contribution in [3.63, 3.8) is 0 Å². The highest BCUT2D eigenvalue weighted by molar-refractivity contribution is 7.98. The average molecular weight is 363 g/mol. The number of aliphatic imine (C=N–C) groups is 1. The summed E-state index contributed by atoms with van der Waals surface area (Å²) in [6, 6.07) is 10.7. The van der Waals surface area contributed by atoms with Crippen molar-refractivity contribution < 1.29 is 4.79 Å². The van der Waals surface area contributed by atoms with Crippen LogP contribution >= 0.6 is 11.8 Å². The van der Waals surface area contributed by atoms with E-state index in [1.165, 1.54) is 12.0 Å². The van der Waals surface area contributed by atoms with Crippen LogP contribution in [0.2, 0.25) is 0 Å². The molecule has 138 valence electrons. The quantitative estimate of drug-likeness (QED) is 0.458. The van der Waals surface area contributed by atoms with E-state index in [4.69, 9.17) is 0 Å². The number of amides is 1. The van der Waals surface area contributed by atoms with Gasteiger partial charge < -0.3 is 15.1 Å². The number of likely N-dealkylation sites (tertiary alicyclic amines) is 1. The predicted octanol–water partition coefficient (Wildman–Crippen LogP) is 1.95. The minimum atomic E-state index is 0.0317. The number of likely N-dealkylation sites (N-methyl/N-ethyl adjacent to an activating group) is 1. The third-order valence-corrected chi connectivity index (χ3v) is 5.02. The van der Waals surface area contributed by atoms with Crippen molar-refractivity contribution in [1.82, 2.24) is 15.1 Å². The molecule has 1 aliphatic rings. The van der Waals surface area contributed by atoms with Gasteiger partial charge >= 0.3 is 0 Å². The molecule has 1 saturated heterocycles. The fourth-order valence-corrected chi connectivity index (χ4v) is 3.26. The molecule has 0 spiro atoms. The number of guanidine groups is 1. The summed E-state index contributed by atoms with van der Waals surface area (Å²) in [5.41, 5.74) is 1.39. The van der Waals surface area contributed by atoms with Crippen molar-refractivity contribution in [3.05, 3.63) is 35.9 Å². The molecule has 6 heteroatoms. The molecule has 5 nitrogen and oxygen atoms in total. The van der Waals surface area contributed by atoms with Gasteiger partial charge in [0.05, 0.1) is 0 Å².